The molecule has 0 saturated carbocycles. The number of aldehydes is 2. The third kappa shape index (κ3) is 5.14. The first kappa shape index (κ1) is 18.2. The summed E-state index contributed by atoms with van der Waals surface area (Å²) in [6.07, 6.45) is 1.57. The summed E-state index contributed by atoms with van der Waals surface area (Å²) in [6, 6.07) is 12.6. The second-order valence-electron chi connectivity index (χ2n) is 4.80. The second kappa shape index (κ2) is 9.25. The van der Waals surface area contributed by atoms with E-state index in [0.29, 0.717) is 22.6 Å². The van der Waals surface area contributed by atoms with Gasteiger partial charge in [0.1, 0.15) is 11.5 Å². The van der Waals surface area contributed by atoms with Crippen LogP contribution in [-0.2, 0) is 0 Å². The van der Waals surface area contributed by atoms with Gasteiger partial charge in [0.05, 0.1) is 25.3 Å². The number of carbonyl (C=O) groups excluding carboxylic acids is 2. The van der Waals surface area contributed by atoms with Crippen molar-refractivity contribution in [1.29, 1.82) is 0 Å². The summed E-state index contributed by atoms with van der Waals surface area (Å²) in [5.74, 6) is 1.23. The summed E-state index contributed by atoms with van der Waals surface area (Å²) in [6.45, 7) is 0. The monoisotopic (exact) mass is 315 g/mol. The Hall–Kier alpha value is -2.82. The minimum absolute atomic E-state index is 0.577. The van der Waals surface area contributed by atoms with Gasteiger partial charge in [-0.1, -0.05) is 12.1 Å². The Morgan fingerprint density at radius 2 is 1.39 bits per heavy atom. The molecule has 0 saturated heterocycles. The third-order valence-corrected chi connectivity index (χ3v) is 3.13. The minimum atomic E-state index is 0.577. The van der Waals surface area contributed by atoms with E-state index in [9.17, 15) is 9.59 Å². The highest BCUT2D eigenvalue weighted by Crippen LogP contribution is 2.22. The summed E-state index contributed by atoms with van der Waals surface area (Å²) >= 11 is 0. The minimum Gasteiger partial charge on any atom is -0.496 e. The number of anilines is 1. The van der Waals surface area contributed by atoms with Gasteiger partial charge in [0.15, 0.2) is 12.6 Å². The van der Waals surface area contributed by atoms with Crippen LogP contribution in [0.5, 0.6) is 11.5 Å². The van der Waals surface area contributed by atoms with Gasteiger partial charge in [-0.2, -0.15) is 0 Å². The molecular weight excluding hydrogens is 294 g/mol. The Morgan fingerprint density at radius 3 is 1.87 bits per heavy atom. The van der Waals surface area contributed by atoms with Gasteiger partial charge in [0.25, 0.3) is 0 Å². The number of hydrogen-bond donors (Lipinski definition) is 0. The number of rotatable bonds is 5. The van der Waals surface area contributed by atoms with Crippen molar-refractivity contribution in [2.75, 3.05) is 33.2 Å². The van der Waals surface area contributed by atoms with Gasteiger partial charge in [-0.25, -0.2) is 0 Å². The standard InChI is InChI=1S/C10H13NO2.C8H8O2/c1-11(2)9-5-4-8(7-12)10(6-9)13-3;1-10-8-5-3-2-4-7(8)6-9/h4-7H,1-3H3;2-6H,1H3. The van der Waals surface area contributed by atoms with E-state index in [1.54, 1.807) is 38.5 Å². The molecule has 0 aliphatic heterocycles. The summed E-state index contributed by atoms with van der Waals surface area (Å²) in [5, 5.41) is 0. The van der Waals surface area contributed by atoms with Crippen LogP contribution in [0.15, 0.2) is 42.5 Å². The van der Waals surface area contributed by atoms with Crippen molar-refractivity contribution in [2.45, 2.75) is 0 Å². The van der Waals surface area contributed by atoms with Crippen molar-refractivity contribution in [3.8, 4) is 11.5 Å². The van der Waals surface area contributed by atoms with Crippen LogP contribution in [0.25, 0.3) is 0 Å². The zero-order valence-corrected chi connectivity index (χ0v) is 13.8. The average Bonchev–Trinajstić information content (AvgIpc) is 2.61. The maximum Gasteiger partial charge on any atom is 0.153 e. The number of benzene rings is 2. The largest absolute Gasteiger partial charge is 0.496 e. The number of carbonyl (C=O) groups is 2. The number of nitrogens with zero attached hydrogens (tertiary/aromatic N) is 1. The Kier molecular flexibility index (Phi) is 7.33. The lowest BCUT2D eigenvalue weighted by atomic mass is 10.2. The van der Waals surface area contributed by atoms with Crippen LogP contribution in [0.3, 0.4) is 0 Å². The summed E-state index contributed by atoms with van der Waals surface area (Å²) in [5.41, 5.74) is 2.18. The molecular formula is C18H21NO4. The van der Waals surface area contributed by atoms with Crippen LogP contribution in [0, 0.1) is 0 Å². The highest BCUT2D eigenvalue weighted by Gasteiger charge is 2.03. The Morgan fingerprint density at radius 1 is 0.826 bits per heavy atom. The van der Waals surface area contributed by atoms with E-state index in [1.807, 2.05) is 37.2 Å². The molecule has 0 bridgehead atoms. The Balaban J connectivity index is 0.000000238. The number of hydrogen-bond acceptors (Lipinski definition) is 5. The van der Waals surface area contributed by atoms with Crippen molar-refractivity contribution in [3.05, 3.63) is 53.6 Å². The SMILES string of the molecule is COc1cc(N(C)C)ccc1C=O.COc1ccccc1C=O. The van der Waals surface area contributed by atoms with Crippen molar-refractivity contribution >= 4 is 18.3 Å². The van der Waals surface area contributed by atoms with E-state index in [4.69, 9.17) is 9.47 Å². The smallest absolute Gasteiger partial charge is 0.153 e. The van der Waals surface area contributed by atoms with Crippen molar-refractivity contribution in [3.63, 3.8) is 0 Å². The van der Waals surface area contributed by atoms with E-state index in [1.165, 1.54) is 0 Å². The molecule has 122 valence electrons. The fourth-order valence-electron chi connectivity index (χ4n) is 1.84. The molecule has 0 radical (unpaired) electrons. The molecule has 0 unspecified atom stereocenters. The predicted octanol–water partition coefficient (Wildman–Crippen LogP) is 3.08. The molecule has 0 amide bonds. The van der Waals surface area contributed by atoms with Crippen LogP contribution >= 0.6 is 0 Å². The van der Waals surface area contributed by atoms with Gasteiger partial charge in [-0.3, -0.25) is 9.59 Å². The van der Waals surface area contributed by atoms with Crippen LogP contribution in [0.4, 0.5) is 5.69 Å². The van der Waals surface area contributed by atoms with E-state index >= 15 is 0 Å². The van der Waals surface area contributed by atoms with Gasteiger partial charge < -0.3 is 14.4 Å². The fraction of sp³-hybridized carbons (Fsp3) is 0.222. The van der Waals surface area contributed by atoms with Crippen molar-refractivity contribution in [1.82, 2.24) is 0 Å². The molecule has 0 atom stereocenters. The van der Waals surface area contributed by atoms with Gasteiger partial charge in [-0.05, 0) is 24.3 Å². The first-order valence-corrected chi connectivity index (χ1v) is 6.96. The normalized spacial score (nSPS) is 9.22. The zero-order valence-electron chi connectivity index (χ0n) is 13.8. The lowest BCUT2D eigenvalue weighted by molar-refractivity contribution is 0.111. The molecule has 0 N–H and O–H groups in total. The van der Waals surface area contributed by atoms with E-state index in [0.717, 1.165) is 18.3 Å². The number of methoxy groups -OCH3 is 2. The quantitative estimate of drug-likeness (QED) is 0.794. The summed E-state index contributed by atoms with van der Waals surface area (Å²) in [4.78, 5) is 22.8. The molecule has 5 heteroatoms. The molecule has 5 nitrogen and oxygen atoms in total. The second-order valence-corrected chi connectivity index (χ2v) is 4.80. The molecule has 0 spiro atoms. The Labute approximate surface area is 136 Å². The lowest BCUT2D eigenvalue weighted by Gasteiger charge is -2.14. The first-order valence-electron chi connectivity index (χ1n) is 6.96. The predicted molar refractivity (Wildman–Crippen MR) is 91.1 cm³/mol. The third-order valence-electron chi connectivity index (χ3n) is 3.13. The van der Waals surface area contributed by atoms with Crippen molar-refractivity contribution in [2.24, 2.45) is 0 Å². The Bertz CT molecular complexity index is 653. The molecule has 0 fully saturated rings. The molecule has 0 aliphatic carbocycles. The molecule has 2 rings (SSSR count). The zero-order chi connectivity index (χ0) is 17.2. The number of ether oxygens (including phenoxy) is 2. The molecule has 0 heterocycles. The van der Waals surface area contributed by atoms with Gasteiger partial charge in [-0.15, -0.1) is 0 Å². The van der Waals surface area contributed by atoms with E-state index in [2.05, 4.69) is 0 Å². The lowest BCUT2D eigenvalue weighted by Crippen LogP contribution is -2.08. The van der Waals surface area contributed by atoms with Gasteiger partial charge in [0.2, 0.25) is 0 Å². The summed E-state index contributed by atoms with van der Waals surface area (Å²) < 4.78 is 9.97. The highest BCUT2D eigenvalue weighted by atomic mass is 16.5. The van der Waals surface area contributed by atoms with Gasteiger partial charge in [0, 0.05) is 25.8 Å². The number of para-hydroxylation sites is 1. The van der Waals surface area contributed by atoms with Gasteiger partial charge >= 0.3 is 0 Å². The van der Waals surface area contributed by atoms with E-state index < -0.39 is 0 Å². The maximum absolute atomic E-state index is 10.6. The highest BCUT2D eigenvalue weighted by molar-refractivity contribution is 5.80. The maximum atomic E-state index is 10.6. The fourth-order valence-corrected chi connectivity index (χ4v) is 1.84. The molecule has 2 aromatic carbocycles. The van der Waals surface area contributed by atoms with E-state index in [-0.39, 0.29) is 0 Å². The topological polar surface area (TPSA) is 55.8 Å². The average molecular weight is 315 g/mol. The molecule has 23 heavy (non-hydrogen) atoms. The van der Waals surface area contributed by atoms with Crippen molar-refractivity contribution < 1.29 is 19.1 Å². The molecule has 2 aromatic rings. The van der Waals surface area contributed by atoms with Crippen LogP contribution in [0.1, 0.15) is 20.7 Å². The first-order chi connectivity index (χ1) is 11.1. The van der Waals surface area contributed by atoms with Crippen LogP contribution in [0.2, 0.25) is 0 Å². The molecule has 0 aromatic heterocycles. The molecule has 0 aliphatic rings. The van der Waals surface area contributed by atoms with Crippen LogP contribution < -0.4 is 14.4 Å². The van der Waals surface area contributed by atoms with Crippen LogP contribution in [-0.4, -0.2) is 40.9 Å². The summed E-state index contributed by atoms with van der Waals surface area (Å²) in [7, 11) is 6.98.